The van der Waals surface area contributed by atoms with Gasteiger partial charge in [-0.1, -0.05) is 24.6 Å². The van der Waals surface area contributed by atoms with Gasteiger partial charge in [0.05, 0.1) is 10.2 Å². The fraction of sp³-hybridized carbons (Fsp3) is 0.467. The van der Waals surface area contributed by atoms with Crippen LogP contribution in [0.4, 0.5) is 5.69 Å². The first-order valence-corrected chi connectivity index (χ1v) is 9.21. The molecule has 1 amide bonds. The summed E-state index contributed by atoms with van der Waals surface area (Å²) in [4.78, 5) is 16.4. The molecule has 0 spiro atoms. The maximum Gasteiger partial charge on any atom is 0.224 e. The van der Waals surface area contributed by atoms with Crippen LogP contribution < -0.4 is 11.1 Å². The Kier molecular flexibility index (Phi) is 6.48. The normalized spacial score (nSPS) is 11.0. The van der Waals surface area contributed by atoms with Gasteiger partial charge in [-0.15, -0.1) is 11.3 Å². The Labute approximate surface area is 133 Å². The minimum Gasteiger partial charge on any atom is -0.330 e. The van der Waals surface area contributed by atoms with Crippen molar-refractivity contribution in [3.63, 3.8) is 0 Å². The number of benzene rings is 1. The molecule has 0 fully saturated rings. The molecule has 1 aromatic heterocycles. The molecule has 4 nitrogen and oxygen atoms in total. The highest BCUT2D eigenvalue weighted by Gasteiger charge is 2.06. The van der Waals surface area contributed by atoms with Gasteiger partial charge in [0, 0.05) is 12.1 Å². The fourth-order valence-corrected chi connectivity index (χ4v) is 3.60. The summed E-state index contributed by atoms with van der Waals surface area (Å²) in [6, 6.07) is 5.87. The van der Waals surface area contributed by atoms with Crippen LogP contribution in [0.2, 0.25) is 0 Å². The molecule has 0 radical (unpaired) electrons. The first-order valence-electron chi connectivity index (χ1n) is 7.17. The summed E-state index contributed by atoms with van der Waals surface area (Å²) in [5.41, 5.74) is 7.29. The molecule has 0 bridgehead atoms. The number of amides is 1. The van der Waals surface area contributed by atoms with E-state index in [2.05, 4.69) is 10.3 Å². The van der Waals surface area contributed by atoms with Crippen molar-refractivity contribution in [2.45, 2.75) is 36.4 Å². The quantitative estimate of drug-likeness (QED) is 0.571. The molecule has 0 aliphatic carbocycles. The molecule has 6 heteroatoms. The lowest BCUT2D eigenvalue weighted by atomic mass is 10.1. The van der Waals surface area contributed by atoms with E-state index in [-0.39, 0.29) is 5.91 Å². The Morgan fingerprint density at radius 1 is 1.33 bits per heavy atom. The van der Waals surface area contributed by atoms with Crippen LogP contribution in [0.3, 0.4) is 0 Å². The number of unbranched alkanes of at least 4 members (excludes halogenated alkanes) is 3. The maximum absolute atomic E-state index is 11.9. The molecule has 1 heterocycles. The van der Waals surface area contributed by atoms with Gasteiger partial charge in [0.15, 0.2) is 4.34 Å². The van der Waals surface area contributed by atoms with Crippen LogP contribution in [0, 0.1) is 0 Å². The van der Waals surface area contributed by atoms with Gasteiger partial charge >= 0.3 is 0 Å². The number of rotatable bonds is 8. The van der Waals surface area contributed by atoms with Crippen LogP contribution in [-0.4, -0.2) is 23.7 Å². The molecule has 0 aliphatic rings. The second-order valence-electron chi connectivity index (χ2n) is 4.87. The Bertz CT molecular complexity index is 598. The summed E-state index contributed by atoms with van der Waals surface area (Å²) in [6.45, 7) is 0.735. The number of carbonyl (C=O) groups is 1. The molecule has 2 aromatic rings. The van der Waals surface area contributed by atoms with Crippen molar-refractivity contribution in [1.29, 1.82) is 0 Å². The van der Waals surface area contributed by atoms with E-state index in [1.807, 2.05) is 24.5 Å². The standard InChI is InChI=1S/C15H21N3OS2/c1-20-15-18-12-8-7-11(10-13(12)21-15)17-14(19)6-4-2-3-5-9-16/h7-8,10H,2-6,9,16H2,1H3,(H,17,19). The first kappa shape index (κ1) is 16.3. The number of nitrogens with zero attached hydrogens (tertiary/aromatic N) is 1. The molecule has 0 saturated heterocycles. The predicted molar refractivity (Wildman–Crippen MR) is 92.2 cm³/mol. The summed E-state index contributed by atoms with van der Waals surface area (Å²) in [7, 11) is 0. The van der Waals surface area contributed by atoms with Crippen molar-refractivity contribution in [2.75, 3.05) is 18.1 Å². The number of thioether (sulfide) groups is 1. The zero-order valence-electron chi connectivity index (χ0n) is 12.2. The molecule has 21 heavy (non-hydrogen) atoms. The van der Waals surface area contributed by atoms with Crippen molar-refractivity contribution in [3.05, 3.63) is 18.2 Å². The average molecular weight is 323 g/mol. The lowest BCUT2D eigenvalue weighted by molar-refractivity contribution is -0.116. The molecule has 0 saturated carbocycles. The maximum atomic E-state index is 11.9. The number of carbonyl (C=O) groups excluding carboxylic acids is 1. The van der Waals surface area contributed by atoms with Crippen LogP contribution in [0.25, 0.3) is 10.2 Å². The number of fused-ring (bicyclic) bond motifs is 1. The SMILES string of the molecule is CSc1nc2ccc(NC(=O)CCCCCCN)cc2s1. The number of thiazole rings is 1. The fourth-order valence-electron chi connectivity index (χ4n) is 2.08. The lowest BCUT2D eigenvalue weighted by Crippen LogP contribution is -2.11. The average Bonchev–Trinajstić information content (AvgIpc) is 2.89. The molecule has 0 unspecified atom stereocenters. The Morgan fingerprint density at radius 3 is 2.90 bits per heavy atom. The van der Waals surface area contributed by atoms with Gasteiger partial charge in [-0.2, -0.15) is 0 Å². The first-order chi connectivity index (χ1) is 10.2. The second-order valence-corrected chi connectivity index (χ2v) is 6.95. The third-order valence-corrected chi connectivity index (χ3v) is 5.19. The van der Waals surface area contributed by atoms with Crippen molar-refractivity contribution < 1.29 is 4.79 Å². The molecule has 1 aromatic carbocycles. The van der Waals surface area contributed by atoms with E-state index in [9.17, 15) is 4.79 Å². The van der Waals surface area contributed by atoms with Crippen molar-refractivity contribution in [2.24, 2.45) is 5.73 Å². The molecule has 3 N–H and O–H groups in total. The van der Waals surface area contributed by atoms with E-state index >= 15 is 0 Å². The summed E-state index contributed by atoms with van der Waals surface area (Å²) < 4.78 is 2.16. The highest BCUT2D eigenvalue weighted by molar-refractivity contribution is 8.00. The van der Waals surface area contributed by atoms with Gasteiger partial charge < -0.3 is 11.1 Å². The van der Waals surface area contributed by atoms with Gasteiger partial charge in [-0.25, -0.2) is 4.98 Å². The van der Waals surface area contributed by atoms with Gasteiger partial charge in [0.25, 0.3) is 0 Å². The topological polar surface area (TPSA) is 68.0 Å². The Morgan fingerprint density at radius 2 is 2.14 bits per heavy atom. The molecule has 2 rings (SSSR count). The molecule has 0 aliphatic heterocycles. The van der Waals surface area contributed by atoms with Gasteiger partial charge in [-0.3, -0.25) is 4.79 Å². The smallest absolute Gasteiger partial charge is 0.224 e. The van der Waals surface area contributed by atoms with E-state index < -0.39 is 0 Å². The number of nitrogens with one attached hydrogen (secondary N) is 1. The summed E-state index contributed by atoms with van der Waals surface area (Å²) in [5.74, 6) is 0.0803. The van der Waals surface area contributed by atoms with E-state index in [4.69, 9.17) is 5.73 Å². The minimum atomic E-state index is 0.0803. The summed E-state index contributed by atoms with van der Waals surface area (Å²) >= 11 is 3.30. The molecular weight excluding hydrogens is 302 g/mol. The zero-order chi connectivity index (χ0) is 15.1. The van der Waals surface area contributed by atoms with Gasteiger partial charge in [0.1, 0.15) is 0 Å². The second kappa shape index (κ2) is 8.36. The summed E-state index contributed by atoms with van der Waals surface area (Å²) in [5, 5.41) is 2.96. The highest BCUT2D eigenvalue weighted by Crippen LogP contribution is 2.30. The van der Waals surface area contributed by atoms with E-state index in [1.165, 1.54) is 0 Å². The molecule has 114 valence electrons. The van der Waals surface area contributed by atoms with E-state index in [1.54, 1.807) is 23.1 Å². The van der Waals surface area contributed by atoms with Crippen molar-refractivity contribution >= 4 is 44.9 Å². The monoisotopic (exact) mass is 323 g/mol. The zero-order valence-corrected chi connectivity index (χ0v) is 13.9. The predicted octanol–water partition coefficient (Wildman–Crippen LogP) is 3.87. The van der Waals surface area contributed by atoms with Crippen LogP contribution in [0.15, 0.2) is 22.5 Å². The number of nitrogens with two attached hydrogens (primary N) is 1. The van der Waals surface area contributed by atoms with Crippen LogP contribution >= 0.6 is 23.1 Å². The molecular formula is C15H21N3OS2. The van der Waals surface area contributed by atoms with E-state index in [0.717, 1.165) is 52.5 Å². The van der Waals surface area contributed by atoms with E-state index in [0.29, 0.717) is 6.42 Å². The van der Waals surface area contributed by atoms with Crippen LogP contribution in [0.5, 0.6) is 0 Å². The summed E-state index contributed by atoms with van der Waals surface area (Å²) in [6.07, 6.45) is 6.72. The van der Waals surface area contributed by atoms with Crippen molar-refractivity contribution in [1.82, 2.24) is 4.98 Å². The third-order valence-electron chi connectivity index (χ3n) is 3.19. The van der Waals surface area contributed by atoms with Gasteiger partial charge in [-0.05, 0) is 43.8 Å². The van der Waals surface area contributed by atoms with Gasteiger partial charge in [0.2, 0.25) is 5.91 Å². The minimum absolute atomic E-state index is 0.0803. The lowest BCUT2D eigenvalue weighted by Gasteiger charge is -2.05. The van der Waals surface area contributed by atoms with Crippen molar-refractivity contribution in [3.8, 4) is 0 Å². The number of hydrogen-bond acceptors (Lipinski definition) is 5. The van der Waals surface area contributed by atoms with Crippen LogP contribution in [-0.2, 0) is 4.79 Å². The third kappa shape index (κ3) is 4.98. The Hall–Kier alpha value is -1.11. The van der Waals surface area contributed by atoms with Crippen LogP contribution in [0.1, 0.15) is 32.1 Å². The Balaban J connectivity index is 1.85. The number of anilines is 1. The molecule has 0 atom stereocenters. The number of aromatic nitrogens is 1. The number of hydrogen-bond donors (Lipinski definition) is 2. The largest absolute Gasteiger partial charge is 0.330 e. The highest BCUT2D eigenvalue weighted by atomic mass is 32.2.